The molecule has 0 fully saturated rings. The van der Waals surface area contributed by atoms with Crippen LogP contribution in [0.25, 0.3) is 0 Å². The van der Waals surface area contributed by atoms with E-state index < -0.39 is 11.7 Å². The van der Waals surface area contributed by atoms with Crippen LogP contribution in [-0.2, 0) is 12.7 Å². The molecule has 2 rings (SSSR count). The third-order valence-corrected chi connectivity index (χ3v) is 2.46. The molecule has 0 saturated carbocycles. The third-order valence-electron chi connectivity index (χ3n) is 2.46. The summed E-state index contributed by atoms with van der Waals surface area (Å²) in [6, 6.07) is 3.36. The lowest BCUT2D eigenvalue weighted by Crippen LogP contribution is -2.10. The second-order valence-corrected chi connectivity index (χ2v) is 4.11. The molecule has 2 aromatic heterocycles. The van der Waals surface area contributed by atoms with Crippen molar-refractivity contribution in [1.82, 2.24) is 15.0 Å². The molecule has 0 aliphatic heterocycles. The standard InChI is InChI=1S/C12H12F3N5/c1-7-17-3-2-9(19-7)6-18-11-5-8(12(13,14)15)4-10(16)20-11/h2-5H,6H2,1H3,(H3,16,18,20). The van der Waals surface area contributed by atoms with Crippen molar-refractivity contribution in [3.05, 3.63) is 41.5 Å². The van der Waals surface area contributed by atoms with E-state index in [1.807, 2.05) is 0 Å². The van der Waals surface area contributed by atoms with E-state index in [1.165, 1.54) is 0 Å². The van der Waals surface area contributed by atoms with Crippen molar-refractivity contribution in [2.24, 2.45) is 0 Å². The van der Waals surface area contributed by atoms with Crippen LogP contribution in [-0.4, -0.2) is 15.0 Å². The number of aryl methyl sites for hydroxylation is 1. The highest BCUT2D eigenvalue weighted by Crippen LogP contribution is 2.31. The fraction of sp³-hybridized carbons (Fsp3) is 0.250. The number of anilines is 2. The maximum Gasteiger partial charge on any atom is 0.416 e. The van der Waals surface area contributed by atoms with E-state index in [2.05, 4.69) is 20.3 Å². The maximum atomic E-state index is 12.6. The number of rotatable bonds is 3. The van der Waals surface area contributed by atoms with Crippen molar-refractivity contribution in [3.63, 3.8) is 0 Å². The van der Waals surface area contributed by atoms with Crippen LogP contribution in [0.15, 0.2) is 24.4 Å². The second kappa shape index (κ2) is 5.32. The van der Waals surface area contributed by atoms with Crippen molar-refractivity contribution in [2.45, 2.75) is 19.6 Å². The summed E-state index contributed by atoms with van der Waals surface area (Å²) in [4.78, 5) is 11.9. The normalized spacial score (nSPS) is 11.4. The quantitative estimate of drug-likeness (QED) is 0.904. The fourth-order valence-corrected chi connectivity index (χ4v) is 1.59. The van der Waals surface area contributed by atoms with Crippen LogP contribution in [0.4, 0.5) is 24.8 Å². The lowest BCUT2D eigenvalue weighted by Gasteiger charge is -2.11. The van der Waals surface area contributed by atoms with Gasteiger partial charge in [0.25, 0.3) is 0 Å². The van der Waals surface area contributed by atoms with Gasteiger partial charge in [-0.05, 0) is 25.1 Å². The molecule has 0 saturated heterocycles. The Morgan fingerprint density at radius 1 is 1.25 bits per heavy atom. The Labute approximate surface area is 113 Å². The Kier molecular flexibility index (Phi) is 3.73. The van der Waals surface area contributed by atoms with Crippen LogP contribution in [0.1, 0.15) is 17.1 Å². The van der Waals surface area contributed by atoms with Gasteiger partial charge in [-0.25, -0.2) is 15.0 Å². The summed E-state index contributed by atoms with van der Waals surface area (Å²) in [5.74, 6) is 0.440. The summed E-state index contributed by atoms with van der Waals surface area (Å²) in [6.07, 6.45) is -2.88. The van der Waals surface area contributed by atoms with Crippen molar-refractivity contribution in [1.29, 1.82) is 0 Å². The highest BCUT2D eigenvalue weighted by Gasteiger charge is 2.31. The molecule has 0 atom stereocenters. The molecular weight excluding hydrogens is 271 g/mol. The van der Waals surface area contributed by atoms with E-state index in [4.69, 9.17) is 5.73 Å². The predicted molar refractivity (Wildman–Crippen MR) is 67.7 cm³/mol. The minimum atomic E-state index is -4.46. The zero-order chi connectivity index (χ0) is 14.8. The number of hydrogen-bond acceptors (Lipinski definition) is 5. The molecule has 3 N–H and O–H groups in total. The molecular formula is C12H12F3N5. The van der Waals surface area contributed by atoms with Gasteiger partial charge in [-0.3, -0.25) is 0 Å². The monoisotopic (exact) mass is 283 g/mol. The number of aromatic nitrogens is 3. The second-order valence-electron chi connectivity index (χ2n) is 4.11. The molecule has 20 heavy (non-hydrogen) atoms. The van der Waals surface area contributed by atoms with Gasteiger partial charge in [-0.2, -0.15) is 13.2 Å². The number of nitrogens with two attached hydrogens (primary N) is 1. The molecule has 2 aromatic rings. The van der Waals surface area contributed by atoms with Crippen molar-refractivity contribution in [3.8, 4) is 0 Å². The van der Waals surface area contributed by atoms with E-state index in [-0.39, 0.29) is 18.2 Å². The molecule has 0 amide bonds. The Balaban J connectivity index is 2.16. The van der Waals surface area contributed by atoms with Crippen molar-refractivity contribution in [2.75, 3.05) is 11.1 Å². The molecule has 0 unspecified atom stereocenters. The lowest BCUT2D eigenvalue weighted by molar-refractivity contribution is -0.137. The van der Waals surface area contributed by atoms with Crippen LogP contribution in [0.5, 0.6) is 0 Å². The number of hydrogen-bond donors (Lipinski definition) is 2. The van der Waals surface area contributed by atoms with Crippen LogP contribution in [0.3, 0.4) is 0 Å². The Hall–Kier alpha value is -2.38. The van der Waals surface area contributed by atoms with Gasteiger partial charge in [0.1, 0.15) is 17.5 Å². The molecule has 0 spiro atoms. The van der Waals surface area contributed by atoms with Crippen LogP contribution in [0.2, 0.25) is 0 Å². The molecule has 0 aliphatic carbocycles. The Morgan fingerprint density at radius 2 is 2.00 bits per heavy atom. The average Bonchev–Trinajstić information content (AvgIpc) is 2.35. The van der Waals surface area contributed by atoms with Gasteiger partial charge in [0, 0.05) is 6.20 Å². The van der Waals surface area contributed by atoms with E-state index in [9.17, 15) is 13.2 Å². The molecule has 0 radical (unpaired) electrons. The molecule has 2 heterocycles. The zero-order valence-corrected chi connectivity index (χ0v) is 10.6. The van der Waals surface area contributed by atoms with E-state index in [0.717, 1.165) is 12.1 Å². The average molecular weight is 283 g/mol. The molecule has 5 nitrogen and oxygen atoms in total. The summed E-state index contributed by atoms with van der Waals surface area (Å²) in [7, 11) is 0. The molecule has 0 aliphatic rings. The summed E-state index contributed by atoms with van der Waals surface area (Å²) in [5.41, 5.74) is 5.18. The first kappa shape index (κ1) is 14.0. The minimum absolute atomic E-state index is 0.0496. The van der Waals surface area contributed by atoms with Gasteiger partial charge in [0.15, 0.2) is 0 Å². The highest BCUT2D eigenvalue weighted by molar-refractivity contribution is 5.47. The third kappa shape index (κ3) is 3.56. The van der Waals surface area contributed by atoms with Gasteiger partial charge >= 0.3 is 6.18 Å². The molecule has 8 heteroatoms. The van der Waals surface area contributed by atoms with Gasteiger partial charge in [0.05, 0.1) is 17.8 Å². The fourth-order valence-electron chi connectivity index (χ4n) is 1.59. The first-order valence-corrected chi connectivity index (χ1v) is 5.72. The summed E-state index contributed by atoms with van der Waals surface area (Å²) < 4.78 is 37.9. The predicted octanol–water partition coefficient (Wildman–Crippen LogP) is 2.39. The number of pyridine rings is 1. The van der Waals surface area contributed by atoms with E-state index in [1.54, 1.807) is 19.2 Å². The topological polar surface area (TPSA) is 76.7 Å². The van der Waals surface area contributed by atoms with Crippen molar-refractivity contribution >= 4 is 11.6 Å². The zero-order valence-electron chi connectivity index (χ0n) is 10.6. The van der Waals surface area contributed by atoms with Gasteiger partial charge < -0.3 is 11.1 Å². The highest BCUT2D eigenvalue weighted by atomic mass is 19.4. The summed E-state index contributed by atoms with van der Waals surface area (Å²) >= 11 is 0. The summed E-state index contributed by atoms with van der Waals surface area (Å²) in [5, 5.41) is 2.76. The number of alkyl halides is 3. The smallest absolute Gasteiger partial charge is 0.384 e. The maximum absolute atomic E-state index is 12.6. The van der Waals surface area contributed by atoms with E-state index in [0.29, 0.717) is 11.5 Å². The minimum Gasteiger partial charge on any atom is -0.384 e. The van der Waals surface area contributed by atoms with Crippen molar-refractivity contribution < 1.29 is 13.2 Å². The Bertz CT molecular complexity index is 612. The number of nitrogens with one attached hydrogen (secondary N) is 1. The molecule has 0 aromatic carbocycles. The largest absolute Gasteiger partial charge is 0.416 e. The first-order chi connectivity index (χ1) is 9.34. The van der Waals surface area contributed by atoms with Gasteiger partial charge in [0.2, 0.25) is 0 Å². The summed E-state index contributed by atoms with van der Waals surface area (Å²) in [6.45, 7) is 1.96. The number of halogens is 3. The molecule has 106 valence electrons. The number of nitrogen functional groups attached to an aromatic ring is 1. The number of nitrogens with zero attached hydrogens (tertiary/aromatic N) is 3. The molecule has 0 bridgehead atoms. The van der Waals surface area contributed by atoms with Gasteiger partial charge in [-0.15, -0.1) is 0 Å². The first-order valence-electron chi connectivity index (χ1n) is 5.72. The van der Waals surface area contributed by atoms with Gasteiger partial charge in [-0.1, -0.05) is 0 Å². The lowest BCUT2D eigenvalue weighted by atomic mass is 10.2. The van der Waals surface area contributed by atoms with E-state index >= 15 is 0 Å². The Morgan fingerprint density at radius 3 is 2.65 bits per heavy atom. The van der Waals surface area contributed by atoms with Crippen LogP contribution in [0, 0.1) is 6.92 Å². The van der Waals surface area contributed by atoms with Crippen LogP contribution >= 0.6 is 0 Å². The SMILES string of the molecule is Cc1nccc(CNc2cc(C(F)(F)F)cc(N)n2)n1. The van der Waals surface area contributed by atoms with Crippen LogP contribution < -0.4 is 11.1 Å².